The second-order valence-electron chi connectivity index (χ2n) is 6.50. The van der Waals surface area contributed by atoms with Gasteiger partial charge in [-0.3, -0.25) is 14.2 Å². The Morgan fingerprint density at radius 2 is 2.33 bits per heavy atom. The molecule has 0 spiro atoms. The van der Waals surface area contributed by atoms with E-state index in [1.54, 1.807) is 11.3 Å². The van der Waals surface area contributed by atoms with Crippen LogP contribution >= 0.6 is 11.3 Å². The molecule has 0 unspecified atom stereocenters. The summed E-state index contributed by atoms with van der Waals surface area (Å²) >= 11 is 1.68. The highest BCUT2D eigenvalue weighted by Gasteiger charge is 2.24. The van der Waals surface area contributed by atoms with Crippen molar-refractivity contribution in [3.05, 3.63) is 35.2 Å². The zero-order chi connectivity index (χ0) is 16.5. The van der Waals surface area contributed by atoms with E-state index in [0.29, 0.717) is 11.9 Å². The van der Waals surface area contributed by atoms with E-state index in [1.165, 1.54) is 12.8 Å². The summed E-state index contributed by atoms with van der Waals surface area (Å²) in [7, 11) is 2.19. The number of nitrogens with zero attached hydrogens (tertiary/aromatic N) is 6. The minimum atomic E-state index is 0.534. The van der Waals surface area contributed by atoms with Crippen LogP contribution in [0.25, 0.3) is 4.96 Å². The van der Waals surface area contributed by atoms with E-state index in [2.05, 4.69) is 49.2 Å². The maximum absolute atomic E-state index is 5.07. The Hall–Kier alpha value is -1.77. The van der Waals surface area contributed by atoms with Crippen molar-refractivity contribution in [2.45, 2.75) is 38.9 Å². The molecule has 0 aromatic carbocycles. The number of likely N-dealkylation sites (tertiary alicyclic amines) is 1. The fraction of sp³-hybridized carbons (Fsp3) is 0.562. The van der Waals surface area contributed by atoms with Crippen LogP contribution in [0.5, 0.6) is 0 Å². The standard InChI is InChI=1S/C16H22N6OS/c1-12-17-15(19-23-12)11-21-5-3-4-14(10-21)20(2)8-13-9-22-6-7-24-16(22)18-13/h6-7,9,14H,3-5,8,10-11H2,1-2H3/t14-/m0/s1. The van der Waals surface area contributed by atoms with Gasteiger partial charge in [0.15, 0.2) is 10.8 Å². The molecule has 0 aliphatic carbocycles. The number of piperidine rings is 1. The van der Waals surface area contributed by atoms with E-state index in [4.69, 9.17) is 9.51 Å². The van der Waals surface area contributed by atoms with Gasteiger partial charge in [-0.15, -0.1) is 11.3 Å². The molecule has 1 aliphatic rings. The lowest BCUT2D eigenvalue weighted by Crippen LogP contribution is -2.45. The third-order valence-electron chi connectivity index (χ3n) is 4.59. The molecule has 3 aromatic heterocycles. The summed E-state index contributed by atoms with van der Waals surface area (Å²) in [6.45, 7) is 5.61. The molecule has 1 aliphatic heterocycles. The molecule has 0 saturated carbocycles. The first-order valence-electron chi connectivity index (χ1n) is 8.30. The van der Waals surface area contributed by atoms with Gasteiger partial charge in [-0.25, -0.2) is 4.98 Å². The normalized spacial score (nSPS) is 19.5. The molecule has 1 atom stereocenters. The van der Waals surface area contributed by atoms with Crippen molar-refractivity contribution in [2.75, 3.05) is 20.1 Å². The Balaban J connectivity index is 1.36. The number of hydrogen-bond acceptors (Lipinski definition) is 7. The number of hydrogen-bond donors (Lipinski definition) is 0. The number of aryl methyl sites for hydroxylation is 1. The lowest BCUT2D eigenvalue weighted by atomic mass is 10.0. The molecule has 4 rings (SSSR count). The second-order valence-corrected chi connectivity index (χ2v) is 7.37. The summed E-state index contributed by atoms with van der Waals surface area (Å²) in [5.41, 5.74) is 1.13. The van der Waals surface area contributed by atoms with Gasteiger partial charge in [0.2, 0.25) is 5.89 Å². The van der Waals surface area contributed by atoms with Crippen molar-refractivity contribution < 1.29 is 4.52 Å². The van der Waals surface area contributed by atoms with Gasteiger partial charge in [0.1, 0.15) is 0 Å². The summed E-state index contributed by atoms with van der Waals surface area (Å²) in [4.78, 5) is 14.9. The monoisotopic (exact) mass is 346 g/mol. The van der Waals surface area contributed by atoms with E-state index in [1.807, 2.05) is 6.92 Å². The van der Waals surface area contributed by atoms with Gasteiger partial charge in [0.05, 0.1) is 12.2 Å². The molecule has 7 nitrogen and oxygen atoms in total. The van der Waals surface area contributed by atoms with Crippen molar-refractivity contribution in [1.29, 1.82) is 0 Å². The van der Waals surface area contributed by atoms with Crippen LogP contribution in [0.1, 0.15) is 30.3 Å². The number of thiazole rings is 1. The summed E-state index contributed by atoms with van der Waals surface area (Å²) < 4.78 is 7.17. The van der Waals surface area contributed by atoms with Gasteiger partial charge < -0.3 is 4.52 Å². The molecule has 8 heteroatoms. The van der Waals surface area contributed by atoms with Gasteiger partial charge in [-0.2, -0.15) is 4.98 Å². The first-order valence-corrected chi connectivity index (χ1v) is 9.18. The molecule has 0 amide bonds. The highest BCUT2D eigenvalue weighted by Crippen LogP contribution is 2.19. The van der Waals surface area contributed by atoms with Crippen LogP contribution in [0.3, 0.4) is 0 Å². The Bertz CT molecular complexity index is 780. The fourth-order valence-electron chi connectivity index (χ4n) is 3.38. The summed E-state index contributed by atoms with van der Waals surface area (Å²) in [5, 5.41) is 6.08. The maximum Gasteiger partial charge on any atom is 0.223 e. The average molecular weight is 346 g/mol. The van der Waals surface area contributed by atoms with E-state index in [0.717, 1.165) is 42.7 Å². The van der Waals surface area contributed by atoms with Crippen molar-refractivity contribution in [3.63, 3.8) is 0 Å². The smallest absolute Gasteiger partial charge is 0.223 e. The Kier molecular flexibility index (Phi) is 4.34. The number of imidazole rings is 1. The summed E-state index contributed by atoms with van der Waals surface area (Å²) in [6, 6.07) is 0.534. The van der Waals surface area contributed by atoms with Crippen molar-refractivity contribution in [2.24, 2.45) is 0 Å². The quantitative estimate of drug-likeness (QED) is 0.706. The third kappa shape index (κ3) is 3.35. The molecular formula is C16H22N6OS. The van der Waals surface area contributed by atoms with E-state index in [-0.39, 0.29) is 0 Å². The highest BCUT2D eigenvalue weighted by molar-refractivity contribution is 7.15. The lowest BCUT2D eigenvalue weighted by Gasteiger charge is -2.36. The number of likely N-dealkylation sites (N-methyl/N-ethyl adjacent to an activating group) is 1. The Morgan fingerprint density at radius 1 is 1.42 bits per heavy atom. The van der Waals surface area contributed by atoms with Crippen LogP contribution in [0, 0.1) is 6.92 Å². The third-order valence-corrected chi connectivity index (χ3v) is 5.36. The van der Waals surface area contributed by atoms with Gasteiger partial charge in [0.25, 0.3) is 0 Å². The molecule has 1 saturated heterocycles. The van der Waals surface area contributed by atoms with Crippen LogP contribution in [0.15, 0.2) is 22.3 Å². The minimum Gasteiger partial charge on any atom is -0.340 e. The van der Waals surface area contributed by atoms with Gasteiger partial charge in [0, 0.05) is 43.8 Å². The van der Waals surface area contributed by atoms with Gasteiger partial charge in [-0.1, -0.05) is 5.16 Å². The van der Waals surface area contributed by atoms with Crippen molar-refractivity contribution in [1.82, 2.24) is 29.3 Å². The molecule has 1 fully saturated rings. The van der Waals surface area contributed by atoms with Gasteiger partial charge in [-0.05, 0) is 26.4 Å². The first kappa shape index (κ1) is 15.7. The minimum absolute atomic E-state index is 0.534. The second kappa shape index (κ2) is 6.62. The number of rotatable bonds is 5. The SMILES string of the molecule is Cc1nc(CN2CCC[C@H](N(C)Cc3cn4ccsc4n3)C2)no1. The first-order chi connectivity index (χ1) is 11.7. The Labute approximate surface area is 144 Å². The topological polar surface area (TPSA) is 62.7 Å². The van der Waals surface area contributed by atoms with Crippen molar-refractivity contribution >= 4 is 16.3 Å². The molecule has 0 radical (unpaired) electrons. The fourth-order valence-corrected chi connectivity index (χ4v) is 4.10. The van der Waals surface area contributed by atoms with Crippen LogP contribution in [0.2, 0.25) is 0 Å². The lowest BCUT2D eigenvalue weighted by molar-refractivity contribution is 0.104. The zero-order valence-corrected chi connectivity index (χ0v) is 14.9. The highest BCUT2D eigenvalue weighted by atomic mass is 32.1. The number of fused-ring (bicyclic) bond motifs is 1. The van der Waals surface area contributed by atoms with Crippen LogP contribution in [-0.2, 0) is 13.1 Å². The predicted molar refractivity (Wildman–Crippen MR) is 91.9 cm³/mol. The van der Waals surface area contributed by atoms with Crippen LogP contribution < -0.4 is 0 Å². The van der Waals surface area contributed by atoms with E-state index >= 15 is 0 Å². The number of aromatic nitrogens is 4. The predicted octanol–water partition coefficient (Wildman–Crippen LogP) is 2.18. The molecule has 0 N–H and O–H groups in total. The molecule has 4 heterocycles. The zero-order valence-electron chi connectivity index (χ0n) is 14.1. The van der Waals surface area contributed by atoms with E-state index < -0.39 is 0 Å². The molecule has 24 heavy (non-hydrogen) atoms. The molecule has 3 aromatic rings. The molecule has 0 bridgehead atoms. The van der Waals surface area contributed by atoms with Crippen LogP contribution in [-0.4, -0.2) is 55.5 Å². The van der Waals surface area contributed by atoms with Crippen LogP contribution in [0.4, 0.5) is 0 Å². The van der Waals surface area contributed by atoms with Crippen molar-refractivity contribution in [3.8, 4) is 0 Å². The molecular weight excluding hydrogens is 324 g/mol. The van der Waals surface area contributed by atoms with E-state index in [9.17, 15) is 0 Å². The largest absolute Gasteiger partial charge is 0.340 e. The molecule has 128 valence electrons. The average Bonchev–Trinajstić information content (AvgIpc) is 3.24. The maximum atomic E-state index is 5.07. The Morgan fingerprint density at radius 3 is 3.12 bits per heavy atom. The van der Waals surface area contributed by atoms with Gasteiger partial charge >= 0.3 is 0 Å². The summed E-state index contributed by atoms with van der Waals surface area (Å²) in [6.07, 6.45) is 6.61. The summed E-state index contributed by atoms with van der Waals surface area (Å²) in [5.74, 6) is 1.42.